The summed E-state index contributed by atoms with van der Waals surface area (Å²) >= 11 is 1.67. The van der Waals surface area contributed by atoms with Crippen LogP contribution >= 0.6 is 11.8 Å². The van der Waals surface area contributed by atoms with E-state index < -0.39 is 0 Å². The Morgan fingerprint density at radius 2 is 2.13 bits per heavy atom. The second kappa shape index (κ2) is 6.64. The summed E-state index contributed by atoms with van der Waals surface area (Å²) < 4.78 is 5.45. The summed E-state index contributed by atoms with van der Waals surface area (Å²) in [6, 6.07) is 12.1. The number of aromatic nitrogens is 1. The van der Waals surface area contributed by atoms with Crippen LogP contribution in [-0.4, -0.2) is 23.2 Å². The van der Waals surface area contributed by atoms with Crippen molar-refractivity contribution in [2.75, 3.05) is 13.3 Å². The van der Waals surface area contributed by atoms with Gasteiger partial charge in [-0.05, 0) is 55.9 Å². The van der Waals surface area contributed by atoms with Gasteiger partial charge in [0.25, 0.3) is 5.56 Å². The molecule has 1 N–H and O–H groups in total. The Morgan fingerprint density at radius 1 is 1.30 bits per heavy atom. The van der Waals surface area contributed by atoms with Gasteiger partial charge in [-0.3, -0.25) is 9.69 Å². The molecule has 0 aliphatic heterocycles. The molecule has 23 heavy (non-hydrogen) atoms. The van der Waals surface area contributed by atoms with Crippen LogP contribution in [0.4, 0.5) is 0 Å². The molecule has 0 fully saturated rings. The SMILES string of the molecule is CSc1ccc2cc(CN(C)C(C)c3ccco3)c(=O)[nH]c2c1. The zero-order chi connectivity index (χ0) is 16.4. The van der Waals surface area contributed by atoms with Crippen molar-refractivity contribution < 1.29 is 4.42 Å². The van der Waals surface area contributed by atoms with Gasteiger partial charge < -0.3 is 9.40 Å². The Bertz CT molecular complexity index is 855. The lowest BCUT2D eigenvalue weighted by Crippen LogP contribution is -2.25. The molecule has 2 heterocycles. The van der Waals surface area contributed by atoms with E-state index in [2.05, 4.69) is 28.9 Å². The summed E-state index contributed by atoms with van der Waals surface area (Å²) in [4.78, 5) is 18.6. The van der Waals surface area contributed by atoms with Gasteiger partial charge in [0, 0.05) is 22.5 Å². The molecule has 5 heteroatoms. The number of nitrogens with one attached hydrogen (secondary N) is 1. The lowest BCUT2D eigenvalue weighted by Gasteiger charge is -2.22. The molecule has 0 saturated carbocycles. The summed E-state index contributed by atoms with van der Waals surface area (Å²) in [5.74, 6) is 0.898. The number of furan rings is 1. The molecule has 1 atom stereocenters. The van der Waals surface area contributed by atoms with Crippen LogP contribution in [0.15, 0.2) is 56.8 Å². The summed E-state index contributed by atoms with van der Waals surface area (Å²) in [6.45, 7) is 2.64. The number of nitrogens with zero attached hydrogens (tertiary/aromatic N) is 1. The van der Waals surface area contributed by atoms with Crippen molar-refractivity contribution in [2.24, 2.45) is 0 Å². The number of thioether (sulfide) groups is 1. The minimum Gasteiger partial charge on any atom is -0.468 e. The summed E-state index contributed by atoms with van der Waals surface area (Å²) in [5, 5.41) is 1.05. The lowest BCUT2D eigenvalue weighted by atomic mass is 10.1. The van der Waals surface area contributed by atoms with E-state index >= 15 is 0 Å². The van der Waals surface area contributed by atoms with Crippen LogP contribution in [0.3, 0.4) is 0 Å². The number of rotatable bonds is 5. The number of fused-ring (bicyclic) bond motifs is 1. The van der Waals surface area contributed by atoms with Crippen LogP contribution < -0.4 is 5.56 Å². The van der Waals surface area contributed by atoms with Gasteiger partial charge in [0.1, 0.15) is 5.76 Å². The van der Waals surface area contributed by atoms with Crippen LogP contribution in [-0.2, 0) is 6.54 Å². The first-order chi connectivity index (χ1) is 11.1. The van der Waals surface area contributed by atoms with E-state index in [1.807, 2.05) is 37.6 Å². The van der Waals surface area contributed by atoms with Gasteiger partial charge in [0.05, 0.1) is 12.3 Å². The van der Waals surface area contributed by atoms with Crippen molar-refractivity contribution in [1.82, 2.24) is 9.88 Å². The molecule has 3 rings (SSSR count). The summed E-state index contributed by atoms with van der Waals surface area (Å²) in [5.41, 5.74) is 1.61. The molecule has 3 aromatic rings. The molecule has 0 bridgehead atoms. The summed E-state index contributed by atoms with van der Waals surface area (Å²) in [6.07, 6.45) is 3.70. The van der Waals surface area contributed by atoms with E-state index in [1.54, 1.807) is 18.0 Å². The third-order valence-corrected chi connectivity index (χ3v) is 4.89. The van der Waals surface area contributed by atoms with Crippen LogP contribution in [0.1, 0.15) is 24.3 Å². The fraction of sp³-hybridized carbons (Fsp3) is 0.278. The van der Waals surface area contributed by atoms with Crippen LogP contribution in [0.25, 0.3) is 10.9 Å². The summed E-state index contributed by atoms with van der Waals surface area (Å²) in [7, 11) is 1.99. The predicted molar refractivity (Wildman–Crippen MR) is 94.9 cm³/mol. The third-order valence-electron chi connectivity index (χ3n) is 4.17. The minimum atomic E-state index is -0.0331. The Balaban J connectivity index is 1.88. The molecule has 2 aromatic heterocycles. The van der Waals surface area contributed by atoms with Crippen LogP contribution in [0.5, 0.6) is 0 Å². The van der Waals surface area contributed by atoms with Gasteiger partial charge in [-0.1, -0.05) is 6.07 Å². The number of aromatic amines is 1. The number of H-pyrrole nitrogens is 1. The van der Waals surface area contributed by atoms with Crippen molar-refractivity contribution >= 4 is 22.7 Å². The molecule has 0 amide bonds. The van der Waals surface area contributed by atoms with Gasteiger partial charge in [-0.25, -0.2) is 0 Å². The maximum absolute atomic E-state index is 12.4. The fourth-order valence-corrected chi connectivity index (χ4v) is 3.06. The van der Waals surface area contributed by atoms with E-state index in [0.717, 1.165) is 27.1 Å². The molecule has 0 spiro atoms. The Labute approximate surface area is 139 Å². The van der Waals surface area contributed by atoms with E-state index in [9.17, 15) is 4.79 Å². The molecule has 120 valence electrons. The van der Waals surface area contributed by atoms with Crippen LogP contribution in [0, 0.1) is 0 Å². The highest BCUT2D eigenvalue weighted by Gasteiger charge is 2.16. The average molecular weight is 328 g/mol. The Morgan fingerprint density at radius 3 is 2.83 bits per heavy atom. The molecule has 1 aromatic carbocycles. The van der Waals surface area contributed by atoms with Crippen molar-refractivity contribution in [1.29, 1.82) is 0 Å². The molecule has 4 nitrogen and oxygen atoms in total. The van der Waals surface area contributed by atoms with Gasteiger partial charge >= 0.3 is 0 Å². The molecule has 0 aliphatic rings. The lowest BCUT2D eigenvalue weighted by molar-refractivity contribution is 0.222. The van der Waals surface area contributed by atoms with Gasteiger partial charge in [-0.15, -0.1) is 11.8 Å². The molecule has 0 aliphatic carbocycles. The number of benzene rings is 1. The maximum atomic E-state index is 12.4. The minimum absolute atomic E-state index is 0.0331. The van der Waals surface area contributed by atoms with Crippen LogP contribution in [0.2, 0.25) is 0 Å². The highest BCUT2D eigenvalue weighted by Crippen LogP contribution is 2.23. The van der Waals surface area contributed by atoms with Gasteiger partial charge in [-0.2, -0.15) is 0 Å². The Hall–Kier alpha value is -1.98. The second-order valence-electron chi connectivity index (χ2n) is 5.68. The topological polar surface area (TPSA) is 49.2 Å². The average Bonchev–Trinajstić information content (AvgIpc) is 3.08. The molecule has 0 saturated heterocycles. The smallest absolute Gasteiger partial charge is 0.252 e. The first-order valence-electron chi connectivity index (χ1n) is 7.52. The highest BCUT2D eigenvalue weighted by molar-refractivity contribution is 7.98. The van der Waals surface area contributed by atoms with E-state index in [0.29, 0.717) is 6.54 Å². The molecule has 1 unspecified atom stereocenters. The molecular formula is C18H20N2O2S. The van der Waals surface area contributed by atoms with E-state index in [-0.39, 0.29) is 11.6 Å². The second-order valence-corrected chi connectivity index (χ2v) is 6.56. The quantitative estimate of drug-likeness (QED) is 0.718. The first-order valence-corrected chi connectivity index (χ1v) is 8.74. The predicted octanol–water partition coefficient (Wildman–Crippen LogP) is 4.04. The first kappa shape index (κ1) is 15.9. The van der Waals surface area contributed by atoms with E-state index in [1.165, 1.54) is 0 Å². The van der Waals surface area contributed by atoms with E-state index in [4.69, 9.17) is 4.42 Å². The standard InChI is InChI=1S/C18H20N2O2S/c1-12(17-5-4-8-22-17)20(2)11-14-9-13-6-7-15(23-3)10-16(13)19-18(14)21/h4-10,12H,11H2,1-3H3,(H,19,21). The maximum Gasteiger partial charge on any atom is 0.252 e. The number of hydrogen-bond acceptors (Lipinski definition) is 4. The van der Waals surface area contributed by atoms with Crippen molar-refractivity contribution in [3.63, 3.8) is 0 Å². The fourth-order valence-electron chi connectivity index (χ4n) is 2.62. The third kappa shape index (κ3) is 3.35. The van der Waals surface area contributed by atoms with Crippen molar-refractivity contribution in [3.8, 4) is 0 Å². The largest absolute Gasteiger partial charge is 0.468 e. The highest BCUT2D eigenvalue weighted by atomic mass is 32.2. The van der Waals surface area contributed by atoms with Gasteiger partial charge in [0.15, 0.2) is 0 Å². The Kier molecular flexibility index (Phi) is 4.59. The number of pyridine rings is 1. The van der Waals surface area contributed by atoms with Crippen molar-refractivity contribution in [2.45, 2.75) is 24.4 Å². The monoisotopic (exact) mass is 328 g/mol. The van der Waals surface area contributed by atoms with Gasteiger partial charge in [0.2, 0.25) is 0 Å². The van der Waals surface area contributed by atoms with Crippen molar-refractivity contribution in [3.05, 3.63) is 64.3 Å². The zero-order valence-corrected chi connectivity index (χ0v) is 14.3. The molecular weight excluding hydrogens is 308 g/mol. The molecule has 0 radical (unpaired) electrons. The zero-order valence-electron chi connectivity index (χ0n) is 13.5. The normalized spacial score (nSPS) is 12.9. The number of hydrogen-bond donors (Lipinski definition) is 1.